The van der Waals surface area contributed by atoms with Gasteiger partial charge in [-0.25, -0.2) is 9.97 Å². The Morgan fingerprint density at radius 2 is 1.71 bits per heavy atom. The third-order valence-electron chi connectivity index (χ3n) is 5.16. The second kappa shape index (κ2) is 9.71. The van der Waals surface area contributed by atoms with Crippen LogP contribution in [0.5, 0.6) is 11.6 Å². The highest BCUT2D eigenvalue weighted by atomic mass is 16.5. The number of ether oxygens (including phenoxy) is 2. The Labute approximate surface area is 166 Å². The van der Waals surface area contributed by atoms with E-state index in [1.807, 2.05) is 6.07 Å². The van der Waals surface area contributed by atoms with E-state index in [2.05, 4.69) is 43.3 Å². The Kier molecular flexibility index (Phi) is 6.57. The van der Waals surface area contributed by atoms with E-state index in [1.165, 1.54) is 31.5 Å². The molecule has 1 aromatic carbocycles. The Morgan fingerprint density at radius 3 is 2.57 bits per heavy atom. The molecule has 0 radical (unpaired) electrons. The molecule has 4 rings (SSSR count). The Balaban J connectivity index is 1.27. The molecular formula is C21H29N5O2. The molecule has 1 N–H and O–H groups in total. The minimum Gasteiger partial charge on any atom is -0.490 e. The average molecular weight is 383 g/mol. The van der Waals surface area contributed by atoms with Crippen LogP contribution >= 0.6 is 0 Å². The van der Waals surface area contributed by atoms with Crippen molar-refractivity contribution in [2.45, 2.75) is 19.4 Å². The number of benzene rings is 1. The first kappa shape index (κ1) is 19.0. The minimum atomic E-state index is 0.439. The largest absolute Gasteiger partial charge is 0.490 e. The molecule has 0 atom stereocenters. The van der Waals surface area contributed by atoms with Crippen molar-refractivity contribution in [2.75, 3.05) is 57.4 Å². The number of hydrogen-bond acceptors (Lipinski definition) is 7. The summed E-state index contributed by atoms with van der Waals surface area (Å²) in [6, 6.07) is 8.36. The Hall–Kier alpha value is -2.38. The second-order valence-corrected chi connectivity index (χ2v) is 7.25. The van der Waals surface area contributed by atoms with Crippen LogP contribution in [0.25, 0.3) is 0 Å². The predicted molar refractivity (Wildman–Crippen MR) is 109 cm³/mol. The van der Waals surface area contributed by atoms with Crippen molar-refractivity contribution < 1.29 is 9.47 Å². The zero-order valence-electron chi connectivity index (χ0n) is 16.3. The third kappa shape index (κ3) is 5.11. The van der Waals surface area contributed by atoms with Gasteiger partial charge in [0, 0.05) is 45.1 Å². The fraction of sp³-hybridized carbons (Fsp3) is 0.524. The highest BCUT2D eigenvalue weighted by Crippen LogP contribution is 2.23. The molecule has 0 spiro atoms. The summed E-state index contributed by atoms with van der Waals surface area (Å²) in [7, 11) is 0. The van der Waals surface area contributed by atoms with E-state index in [0.717, 1.165) is 44.3 Å². The van der Waals surface area contributed by atoms with Gasteiger partial charge in [-0.2, -0.15) is 0 Å². The molecule has 2 saturated heterocycles. The number of likely N-dealkylation sites (tertiary alicyclic amines) is 1. The minimum absolute atomic E-state index is 0.439. The quantitative estimate of drug-likeness (QED) is 0.699. The lowest BCUT2D eigenvalue weighted by molar-refractivity contribution is 0.211. The number of hydrogen-bond donors (Lipinski definition) is 1. The van der Waals surface area contributed by atoms with Gasteiger partial charge in [-0.3, -0.25) is 4.90 Å². The summed E-state index contributed by atoms with van der Waals surface area (Å²) >= 11 is 0. The Morgan fingerprint density at radius 1 is 0.929 bits per heavy atom. The van der Waals surface area contributed by atoms with Gasteiger partial charge in [0.25, 0.3) is 5.88 Å². The molecule has 1 aromatic heterocycles. The molecule has 2 fully saturated rings. The van der Waals surface area contributed by atoms with Gasteiger partial charge < -0.3 is 19.7 Å². The van der Waals surface area contributed by atoms with Crippen LogP contribution in [0.4, 0.5) is 5.82 Å². The molecule has 2 aliphatic heterocycles. The number of nitrogens with zero attached hydrogens (tertiary/aromatic N) is 4. The van der Waals surface area contributed by atoms with Crippen molar-refractivity contribution in [1.29, 1.82) is 0 Å². The van der Waals surface area contributed by atoms with E-state index in [4.69, 9.17) is 9.47 Å². The highest BCUT2D eigenvalue weighted by Gasteiger charge is 2.17. The number of aromatic nitrogens is 2. The first-order chi connectivity index (χ1) is 13.9. The molecule has 0 aliphatic carbocycles. The van der Waals surface area contributed by atoms with E-state index in [1.54, 1.807) is 12.4 Å². The lowest BCUT2D eigenvalue weighted by Gasteiger charge is -2.28. The van der Waals surface area contributed by atoms with Gasteiger partial charge >= 0.3 is 0 Å². The maximum Gasteiger partial charge on any atom is 0.257 e. The van der Waals surface area contributed by atoms with Gasteiger partial charge in [-0.05, 0) is 43.6 Å². The standard InChI is InChI=1S/C21H29N5O2/c1-2-11-25(10-1)17-18-4-3-5-19(16-18)27-14-15-28-21-20(23-6-7-24-21)26-12-8-22-9-13-26/h3-7,16,22H,1-2,8-15,17H2. The van der Waals surface area contributed by atoms with Gasteiger partial charge in [-0.1, -0.05) is 12.1 Å². The SMILES string of the molecule is c1cc(CN2CCCC2)cc(OCCOc2nccnc2N2CCNCC2)c1. The summed E-state index contributed by atoms with van der Waals surface area (Å²) in [6.07, 6.45) is 6.01. The third-order valence-corrected chi connectivity index (χ3v) is 5.16. The lowest BCUT2D eigenvalue weighted by atomic mass is 10.2. The van der Waals surface area contributed by atoms with E-state index in [-0.39, 0.29) is 0 Å². The average Bonchev–Trinajstić information content (AvgIpc) is 3.25. The Bertz CT molecular complexity index is 745. The topological polar surface area (TPSA) is 62.8 Å². The summed E-state index contributed by atoms with van der Waals surface area (Å²) in [5.41, 5.74) is 1.30. The summed E-state index contributed by atoms with van der Waals surface area (Å²) in [5.74, 6) is 2.29. The van der Waals surface area contributed by atoms with Crippen molar-refractivity contribution in [3.05, 3.63) is 42.2 Å². The van der Waals surface area contributed by atoms with Crippen LogP contribution in [-0.2, 0) is 6.54 Å². The molecule has 150 valence electrons. The summed E-state index contributed by atoms with van der Waals surface area (Å²) in [4.78, 5) is 13.5. The molecule has 7 heteroatoms. The maximum absolute atomic E-state index is 5.90. The number of anilines is 1. The molecule has 2 aliphatic rings. The molecule has 0 saturated carbocycles. The molecule has 2 aromatic rings. The molecule has 0 unspecified atom stereocenters. The molecule has 7 nitrogen and oxygen atoms in total. The van der Waals surface area contributed by atoms with Crippen LogP contribution in [0, 0.1) is 0 Å². The first-order valence-corrected chi connectivity index (χ1v) is 10.2. The number of piperazine rings is 1. The van der Waals surface area contributed by atoms with Gasteiger partial charge in [0.15, 0.2) is 5.82 Å². The summed E-state index contributed by atoms with van der Waals surface area (Å²) < 4.78 is 11.8. The maximum atomic E-state index is 5.90. The monoisotopic (exact) mass is 383 g/mol. The molecule has 0 bridgehead atoms. The van der Waals surface area contributed by atoms with E-state index in [9.17, 15) is 0 Å². The predicted octanol–water partition coefficient (Wildman–Crippen LogP) is 1.94. The summed E-state index contributed by atoms with van der Waals surface area (Å²) in [6.45, 7) is 8.05. The molecular weight excluding hydrogens is 354 g/mol. The fourth-order valence-corrected chi connectivity index (χ4v) is 3.74. The van der Waals surface area contributed by atoms with Crippen molar-refractivity contribution >= 4 is 5.82 Å². The summed E-state index contributed by atoms with van der Waals surface area (Å²) in [5, 5.41) is 3.35. The number of rotatable bonds is 8. The van der Waals surface area contributed by atoms with Gasteiger partial charge in [-0.15, -0.1) is 0 Å². The van der Waals surface area contributed by atoms with Crippen LogP contribution < -0.4 is 19.7 Å². The van der Waals surface area contributed by atoms with Crippen LogP contribution in [0.1, 0.15) is 18.4 Å². The lowest BCUT2D eigenvalue weighted by Crippen LogP contribution is -2.44. The second-order valence-electron chi connectivity index (χ2n) is 7.25. The molecule has 28 heavy (non-hydrogen) atoms. The van der Waals surface area contributed by atoms with Gasteiger partial charge in [0.1, 0.15) is 19.0 Å². The fourth-order valence-electron chi connectivity index (χ4n) is 3.74. The molecule has 0 amide bonds. The van der Waals surface area contributed by atoms with E-state index >= 15 is 0 Å². The smallest absolute Gasteiger partial charge is 0.257 e. The van der Waals surface area contributed by atoms with Crippen molar-refractivity contribution in [3.8, 4) is 11.6 Å². The van der Waals surface area contributed by atoms with Crippen LogP contribution in [0.3, 0.4) is 0 Å². The van der Waals surface area contributed by atoms with Gasteiger partial charge in [0.2, 0.25) is 0 Å². The number of nitrogens with one attached hydrogen (secondary N) is 1. The zero-order chi connectivity index (χ0) is 19.0. The van der Waals surface area contributed by atoms with Crippen LogP contribution in [0.15, 0.2) is 36.7 Å². The zero-order valence-corrected chi connectivity index (χ0v) is 16.3. The van der Waals surface area contributed by atoms with Crippen molar-refractivity contribution in [3.63, 3.8) is 0 Å². The normalized spacial score (nSPS) is 17.6. The first-order valence-electron chi connectivity index (χ1n) is 10.2. The van der Waals surface area contributed by atoms with Gasteiger partial charge in [0.05, 0.1) is 0 Å². The molecule has 3 heterocycles. The van der Waals surface area contributed by atoms with E-state index < -0.39 is 0 Å². The van der Waals surface area contributed by atoms with Crippen LogP contribution in [-0.4, -0.2) is 67.4 Å². The highest BCUT2D eigenvalue weighted by molar-refractivity contribution is 5.48. The van der Waals surface area contributed by atoms with Crippen LogP contribution in [0.2, 0.25) is 0 Å². The van der Waals surface area contributed by atoms with Crippen molar-refractivity contribution in [2.24, 2.45) is 0 Å². The van der Waals surface area contributed by atoms with Crippen molar-refractivity contribution in [1.82, 2.24) is 20.2 Å². The van der Waals surface area contributed by atoms with E-state index in [0.29, 0.717) is 19.1 Å².